The van der Waals surface area contributed by atoms with Crippen molar-refractivity contribution >= 4 is 11.6 Å². The summed E-state index contributed by atoms with van der Waals surface area (Å²) in [7, 11) is 0. The molecule has 19 heavy (non-hydrogen) atoms. The van der Waals surface area contributed by atoms with Gasteiger partial charge in [0.05, 0.1) is 18.4 Å². The predicted molar refractivity (Wildman–Crippen MR) is 71.7 cm³/mol. The molecule has 2 aliphatic rings. The van der Waals surface area contributed by atoms with Crippen molar-refractivity contribution in [3.05, 3.63) is 29.8 Å². The highest BCUT2D eigenvalue weighted by Crippen LogP contribution is 2.43. The Morgan fingerprint density at radius 1 is 1.42 bits per heavy atom. The monoisotopic (exact) mass is 261 g/mol. The number of hydrogen-bond acceptors (Lipinski definition) is 3. The Hall–Kier alpha value is -1.39. The molecular formula is C15H19NO3. The minimum absolute atomic E-state index is 0.102. The van der Waals surface area contributed by atoms with Crippen LogP contribution in [0.2, 0.25) is 0 Å². The fraction of sp³-hybridized carbons (Fsp3) is 0.533. The Labute approximate surface area is 113 Å². The zero-order valence-corrected chi connectivity index (χ0v) is 11.1. The molecule has 3 rings (SSSR count). The fourth-order valence-electron chi connectivity index (χ4n) is 2.76. The molecule has 1 fully saturated rings. The number of unbranched alkanes of at least 4 members (excludes halogenated alkanes) is 1. The lowest BCUT2D eigenvalue weighted by Crippen LogP contribution is -2.47. The Bertz CT molecular complexity index is 488. The molecule has 1 N–H and O–H groups in total. The van der Waals surface area contributed by atoms with Crippen LogP contribution in [-0.4, -0.2) is 18.6 Å². The zero-order chi connectivity index (χ0) is 13.3. The first kappa shape index (κ1) is 12.6. The molecule has 0 saturated carbocycles. The van der Waals surface area contributed by atoms with Gasteiger partial charge in [0.15, 0.2) is 0 Å². The van der Waals surface area contributed by atoms with Crippen molar-refractivity contribution in [2.24, 2.45) is 0 Å². The summed E-state index contributed by atoms with van der Waals surface area (Å²) >= 11 is 0. The van der Waals surface area contributed by atoms with Crippen molar-refractivity contribution < 1.29 is 14.3 Å². The number of carbonyl (C=O) groups excluding carboxylic acids is 1. The number of para-hydroxylation sites is 1. The first-order chi connectivity index (χ1) is 9.26. The molecule has 1 aromatic carbocycles. The highest BCUT2D eigenvalue weighted by atomic mass is 16.7. The summed E-state index contributed by atoms with van der Waals surface area (Å²) in [6, 6.07) is 7.58. The van der Waals surface area contributed by atoms with Crippen LogP contribution in [-0.2, 0) is 20.1 Å². The van der Waals surface area contributed by atoms with E-state index in [1.165, 1.54) is 0 Å². The van der Waals surface area contributed by atoms with Crippen molar-refractivity contribution in [1.82, 2.24) is 0 Å². The summed E-state index contributed by atoms with van der Waals surface area (Å²) in [6.45, 7) is 2.73. The van der Waals surface area contributed by atoms with Crippen molar-refractivity contribution in [2.75, 3.05) is 11.9 Å². The van der Waals surface area contributed by atoms with Crippen LogP contribution in [0.15, 0.2) is 24.3 Å². The van der Waals surface area contributed by atoms with E-state index in [4.69, 9.17) is 9.47 Å². The molecule has 0 aromatic heterocycles. The number of fused-ring (bicyclic) bond motifs is 2. The number of nitrogens with one attached hydrogen (secondary N) is 1. The van der Waals surface area contributed by atoms with Crippen LogP contribution in [0, 0.1) is 0 Å². The molecule has 0 aliphatic carbocycles. The van der Waals surface area contributed by atoms with Gasteiger partial charge in [0, 0.05) is 5.56 Å². The van der Waals surface area contributed by atoms with Gasteiger partial charge in [-0.1, -0.05) is 38.0 Å². The number of carbonyl (C=O) groups is 1. The largest absolute Gasteiger partial charge is 0.338 e. The summed E-state index contributed by atoms with van der Waals surface area (Å²) in [5, 5.41) is 2.85. The maximum atomic E-state index is 12.3. The van der Waals surface area contributed by atoms with Gasteiger partial charge in [0.25, 0.3) is 11.7 Å². The number of ether oxygens (including phenoxy) is 2. The molecule has 1 aromatic rings. The van der Waals surface area contributed by atoms with E-state index in [9.17, 15) is 4.79 Å². The highest BCUT2D eigenvalue weighted by Gasteiger charge is 2.52. The third kappa shape index (κ3) is 2.05. The predicted octanol–water partition coefficient (Wildman–Crippen LogP) is 2.79. The molecule has 102 valence electrons. The van der Waals surface area contributed by atoms with E-state index in [2.05, 4.69) is 12.2 Å². The Morgan fingerprint density at radius 2 is 2.26 bits per heavy atom. The Morgan fingerprint density at radius 3 is 3.11 bits per heavy atom. The van der Waals surface area contributed by atoms with Crippen molar-refractivity contribution in [3.63, 3.8) is 0 Å². The van der Waals surface area contributed by atoms with Crippen LogP contribution in [0.3, 0.4) is 0 Å². The topological polar surface area (TPSA) is 47.6 Å². The van der Waals surface area contributed by atoms with Gasteiger partial charge in [0.2, 0.25) is 0 Å². The Kier molecular flexibility index (Phi) is 3.29. The fourth-order valence-corrected chi connectivity index (χ4v) is 2.76. The number of hydrogen-bond donors (Lipinski definition) is 1. The second kappa shape index (κ2) is 4.94. The molecule has 1 saturated heterocycles. The lowest BCUT2D eigenvalue weighted by Gasteiger charge is -2.36. The number of benzene rings is 1. The zero-order valence-electron chi connectivity index (χ0n) is 11.1. The van der Waals surface area contributed by atoms with E-state index in [-0.39, 0.29) is 12.0 Å². The summed E-state index contributed by atoms with van der Waals surface area (Å²) in [6.07, 6.45) is 4.19. The lowest BCUT2D eigenvalue weighted by atomic mass is 10.0. The maximum absolute atomic E-state index is 12.3. The second-order valence-corrected chi connectivity index (χ2v) is 5.14. The highest BCUT2D eigenvalue weighted by molar-refractivity contribution is 6.04. The van der Waals surface area contributed by atoms with Crippen LogP contribution < -0.4 is 5.32 Å². The minimum Gasteiger partial charge on any atom is -0.338 e. The van der Waals surface area contributed by atoms with Crippen LogP contribution >= 0.6 is 0 Å². The summed E-state index contributed by atoms with van der Waals surface area (Å²) in [5.74, 6) is -1.41. The molecule has 4 heteroatoms. The molecule has 4 nitrogen and oxygen atoms in total. The normalized spacial score (nSPS) is 29.3. The number of amides is 1. The van der Waals surface area contributed by atoms with Gasteiger partial charge in [-0.25, -0.2) is 0 Å². The standard InChI is InChI=1S/C15H19NO3/c1-2-3-6-11-9-10-18-15(19-11)12-7-4-5-8-13(12)16-14(15)17/h4-5,7-8,11H,2-3,6,9-10H2,1H3,(H,16,17). The molecule has 2 heterocycles. The van der Waals surface area contributed by atoms with Crippen LogP contribution in [0.4, 0.5) is 5.69 Å². The van der Waals surface area contributed by atoms with Gasteiger partial charge >= 0.3 is 0 Å². The van der Waals surface area contributed by atoms with E-state index in [1.54, 1.807) is 0 Å². The van der Waals surface area contributed by atoms with Gasteiger partial charge in [-0.15, -0.1) is 0 Å². The summed E-state index contributed by atoms with van der Waals surface area (Å²) in [4.78, 5) is 12.3. The van der Waals surface area contributed by atoms with E-state index in [0.717, 1.165) is 36.9 Å². The van der Waals surface area contributed by atoms with E-state index < -0.39 is 5.79 Å². The molecule has 1 amide bonds. The molecule has 2 aliphatic heterocycles. The van der Waals surface area contributed by atoms with Gasteiger partial charge in [-0.05, 0) is 18.9 Å². The Balaban J connectivity index is 1.88. The smallest absolute Gasteiger partial charge is 0.289 e. The number of rotatable bonds is 3. The third-order valence-electron chi connectivity index (χ3n) is 3.79. The molecule has 2 unspecified atom stereocenters. The van der Waals surface area contributed by atoms with E-state index in [0.29, 0.717) is 6.61 Å². The van der Waals surface area contributed by atoms with Gasteiger partial charge < -0.3 is 14.8 Å². The van der Waals surface area contributed by atoms with E-state index >= 15 is 0 Å². The van der Waals surface area contributed by atoms with Crippen molar-refractivity contribution in [1.29, 1.82) is 0 Å². The minimum atomic E-state index is -1.22. The number of anilines is 1. The summed E-state index contributed by atoms with van der Waals surface area (Å²) in [5.41, 5.74) is 1.60. The molecule has 2 atom stereocenters. The summed E-state index contributed by atoms with van der Waals surface area (Å²) < 4.78 is 11.8. The van der Waals surface area contributed by atoms with Crippen LogP contribution in [0.5, 0.6) is 0 Å². The SMILES string of the molecule is CCCCC1CCOC2(O1)C(=O)Nc1ccccc12. The van der Waals surface area contributed by atoms with Crippen LogP contribution in [0.25, 0.3) is 0 Å². The lowest BCUT2D eigenvalue weighted by molar-refractivity contribution is -0.281. The molecule has 0 radical (unpaired) electrons. The first-order valence-electron chi connectivity index (χ1n) is 6.99. The van der Waals surface area contributed by atoms with Gasteiger partial charge in [0.1, 0.15) is 0 Å². The first-order valence-corrected chi connectivity index (χ1v) is 6.99. The quantitative estimate of drug-likeness (QED) is 0.910. The van der Waals surface area contributed by atoms with E-state index in [1.807, 2.05) is 24.3 Å². The van der Waals surface area contributed by atoms with Gasteiger partial charge in [-0.2, -0.15) is 0 Å². The second-order valence-electron chi connectivity index (χ2n) is 5.14. The van der Waals surface area contributed by atoms with Crippen LogP contribution in [0.1, 0.15) is 38.2 Å². The molecular weight excluding hydrogens is 242 g/mol. The van der Waals surface area contributed by atoms with Crippen molar-refractivity contribution in [3.8, 4) is 0 Å². The van der Waals surface area contributed by atoms with Gasteiger partial charge in [-0.3, -0.25) is 4.79 Å². The average Bonchev–Trinajstić information content (AvgIpc) is 2.70. The maximum Gasteiger partial charge on any atom is 0.289 e. The average molecular weight is 261 g/mol. The van der Waals surface area contributed by atoms with Crippen molar-refractivity contribution in [2.45, 2.75) is 44.5 Å². The third-order valence-corrected chi connectivity index (χ3v) is 3.79. The molecule has 0 bridgehead atoms. The molecule has 1 spiro atoms.